The lowest BCUT2D eigenvalue weighted by Gasteiger charge is -2.24. The predicted molar refractivity (Wildman–Crippen MR) is 162 cm³/mol. The van der Waals surface area contributed by atoms with Crippen LogP contribution in [0.1, 0.15) is 11.1 Å². The van der Waals surface area contributed by atoms with Crippen molar-refractivity contribution in [3.05, 3.63) is 108 Å². The van der Waals surface area contributed by atoms with Crippen LogP contribution in [0.2, 0.25) is 0 Å². The zero-order valence-electron chi connectivity index (χ0n) is 22.6. The van der Waals surface area contributed by atoms with Crippen molar-refractivity contribution < 1.29 is 22.4 Å². The zero-order valence-corrected chi connectivity index (χ0v) is 24.2. The number of aromatic nitrogens is 2. The van der Waals surface area contributed by atoms with Crippen LogP contribution in [0.15, 0.2) is 112 Å². The van der Waals surface area contributed by atoms with E-state index in [1.807, 2.05) is 36.4 Å². The fourth-order valence-electron chi connectivity index (χ4n) is 4.77. The van der Waals surface area contributed by atoms with E-state index in [-0.39, 0.29) is 27.7 Å². The van der Waals surface area contributed by atoms with Gasteiger partial charge in [-0.1, -0.05) is 48.2 Å². The number of benzene rings is 4. The van der Waals surface area contributed by atoms with Gasteiger partial charge in [-0.15, -0.1) is 10.2 Å². The molecular weight excluding hydrogens is 572 g/mol. The number of carbonyl (C=O) groups is 1. The first kappa shape index (κ1) is 27.6. The van der Waals surface area contributed by atoms with Crippen LogP contribution in [0, 0.1) is 0 Å². The maximum absolute atomic E-state index is 13.6. The van der Waals surface area contributed by atoms with Crippen molar-refractivity contribution in [1.82, 2.24) is 10.2 Å². The van der Waals surface area contributed by atoms with Gasteiger partial charge in [-0.25, -0.2) is 8.42 Å². The summed E-state index contributed by atoms with van der Waals surface area (Å²) in [5, 5.41) is 8.49. The molecule has 11 heteroatoms. The fraction of sp³-hybridized carbons (Fsp3) is 0.129. The second kappa shape index (κ2) is 11.7. The van der Waals surface area contributed by atoms with Crippen LogP contribution in [-0.4, -0.2) is 37.4 Å². The van der Waals surface area contributed by atoms with Crippen molar-refractivity contribution in [2.75, 3.05) is 22.5 Å². The van der Waals surface area contributed by atoms with Crippen LogP contribution in [-0.2, 0) is 27.7 Å². The minimum Gasteiger partial charge on any atom is -0.497 e. The standard InChI is InChI=1S/C31H26N4O5S2/c1-39-25-16-18-26(19-17-25)42(37,38)34-24-14-12-23(13-15-24)30-32-33-31(40-30)41-20-29(36)35-27-8-4-2-6-21(27)10-11-22-7-3-5-9-28(22)35/h2-9,12-19,34H,10-11,20H2,1H3. The monoisotopic (exact) mass is 598 g/mol. The van der Waals surface area contributed by atoms with E-state index in [9.17, 15) is 13.2 Å². The molecule has 0 atom stereocenters. The summed E-state index contributed by atoms with van der Waals surface area (Å²) in [5.74, 6) is 0.850. The van der Waals surface area contributed by atoms with Gasteiger partial charge < -0.3 is 9.15 Å². The van der Waals surface area contributed by atoms with Crippen molar-refractivity contribution >= 4 is 44.8 Å². The molecule has 9 nitrogen and oxygen atoms in total. The summed E-state index contributed by atoms with van der Waals surface area (Å²) in [6, 6.07) is 28.7. The largest absolute Gasteiger partial charge is 0.497 e. The number of amides is 1. The Bertz CT molecular complexity index is 1790. The van der Waals surface area contributed by atoms with E-state index in [0.29, 0.717) is 17.0 Å². The number of nitrogens with one attached hydrogen (secondary N) is 1. The number of ether oxygens (including phenoxy) is 1. The molecule has 1 amide bonds. The Morgan fingerprint density at radius 1 is 0.881 bits per heavy atom. The number of aryl methyl sites for hydroxylation is 2. The Morgan fingerprint density at radius 2 is 1.50 bits per heavy atom. The van der Waals surface area contributed by atoms with Crippen molar-refractivity contribution in [2.45, 2.75) is 23.0 Å². The van der Waals surface area contributed by atoms with Crippen molar-refractivity contribution in [2.24, 2.45) is 0 Å². The molecule has 2 heterocycles. The van der Waals surface area contributed by atoms with Crippen LogP contribution >= 0.6 is 11.8 Å². The number of sulfonamides is 1. The molecule has 4 aromatic carbocycles. The van der Waals surface area contributed by atoms with Gasteiger partial charge in [-0.05, 0) is 84.6 Å². The first-order chi connectivity index (χ1) is 20.4. The topological polar surface area (TPSA) is 115 Å². The normalized spacial score (nSPS) is 12.6. The lowest BCUT2D eigenvalue weighted by molar-refractivity contribution is -0.115. The number of hydrogen-bond donors (Lipinski definition) is 1. The van der Waals surface area contributed by atoms with E-state index in [0.717, 1.165) is 35.3 Å². The number of thioether (sulfide) groups is 1. The molecular formula is C31H26N4O5S2. The predicted octanol–water partition coefficient (Wildman–Crippen LogP) is 6.10. The van der Waals surface area contributed by atoms with Gasteiger partial charge in [0.1, 0.15) is 5.75 Å². The van der Waals surface area contributed by atoms with Gasteiger partial charge in [-0.3, -0.25) is 14.4 Å². The lowest BCUT2D eigenvalue weighted by atomic mass is 10.0. The summed E-state index contributed by atoms with van der Waals surface area (Å²) in [7, 11) is -2.26. The summed E-state index contributed by atoms with van der Waals surface area (Å²) in [6.45, 7) is 0. The Morgan fingerprint density at radius 3 is 2.12 bits per heavy atom. The summed E-state index contributed by atoms with van der Waals surface area (Å²) < 4.78 is 38.9. The molecule has 0 saturated heterocycles. The number of carbonyl (C=O) groups excluding carboxylic acids is 1. The molecule has 212 valence electrons. The van der Waals surface area contributed by atoms with E-state index in [4.69, 9.17) is 9.15 Å². The van der Waals surface area contributed by atoms with Gasteiger partial charge in [0.2, 0.25) is 11.8 Å². The molecule has 0 radical (unpaired) electrons. The van der Waals surface area contributed by atoms with Crippen LogP contribution in [0.25, 0.3) is 11.5 Å². The van der Waals surface area contributed by atoms with Crippen molar-refractivity contribution in [3.8, 4) is 17.2 Å². The number of hydrogen-bond acceptors (Lipinski definition) is 8. The third-order valence-corrected chi connectivity index (χ3v) is 9.06. The molecule has 6 rings (SSSR count). The fourth-order valence-corrected chi connectivity index (χ4v) is 6.44. The van der Waals surface area contributed by atoms with Crippen molar-refractivity contribution in [3.63, 3.8) is 0 Å². The average molecular weight is 599 g/mol. The Balaban J connectivity index is 1.13. The molecule has 1 aliphatic rings. The molecule has 0 unspecified atom stereocenters. The number of nitrogens with zero attached hydrogens (tertiary/aromatic N) is 3. The summed E-state index contributed by atoms with van der Waals surface area (Å²) >= 11 is 1.17. The number of methoxy groups -OCH3 is 1. The number of fused-ring (bicyclic) bond motifs is 2. The third kappa shape index (κ3) is 5.74. The Hall–Kier alpha value is -4.61. The Labute approximate surface area is 247 Å². The summed E-state index contributed by atoms with van der Waals surface area (Å²) in [6.07, 6.45) is 1.72. The second-order valence-corrected chi connectivity index (χ2v) is 12.1. The average Bonchev–Trinajstić information content (AvgIpc) is 3.42. The highest BCUT2D eigenvalue weighted by Crippen LogP contribution is 2.37. The Kier molecular flexibility index (Phi) is 7.68. The maximum Gasteiger partial charge on any atom is 0.277 e. The maximum atomic E-state index is 13.6. The van der Waals surface area contributed by atoms with Gasteiger partial charge >= 0.3 is 0 Å². The molecule has 1 aromatic heterocycles. The van der Waals surface area contributed by atoms with E-state index >= 15 is 0 Å². The molecule has 0 aliphatic carbocycles. The van der Waals surface area contributed by atoms with Crippen molar-refractivity contribution in [1.29, 1.82) is 0 Å². The van der Waals surface area contributed by atoms with Crippen LogP contribution < -0.4 is 14.4 Å². The summed E-state index contributed by atoms with van der Waals surface area (Å²) in [5.41, 5.74) is 5.03. The van der Waals surface area contributed by atoms with Gasteiger partial charge in [0.15, 0.2) is 0 Å². The molecule has 1 N–H and O–H groups in total. The van der Waals surface area contributed by atoms with E-state index in [1.165, 1.54) is 31.0 Å². The molecule has 0 bridgehead atoms. The highest BCUT2D eigenvalue weighted by Gasteiger charge is 2.26. The minimum absolute atomic E-state index is 0.0879. The smallest absolute Gasteiger partial charge is 0.277 e. The van der Waals surface area contributed by atoms with Gasteiger partial charge in [0.25, 0.3) is 15.2 Å². The number of para-hydroxylation sites is 2. The first-order valence-electron chi connectivity index (χ1n) is 13.1. The van der Waals surface area contributed by atoms with Gasteiger partial charge in [0.05, 0.1) is 29.1 Å². The minimum atomic E-state index is -3.77. The highest BCUT2D eigenvalue weighted by molar-refractivity contribution is 7.99. The highest BCUT2D eigenvalue weighted by atomic mass is 32.2. The quantitative estimate of drug-likeness (QED) is 0.213. The summed E-state index contributed by atoms with van der Waals surface area (Å²) in [4.78, 5) is 15.5. The molecule has 42 heavy (non-hydrogen) atoms. The molecule has 1 aliphatic heterocycles. The third-order valence-electron chi connectivity index (χ3n) is 6.86. The molecule has 0 fully saturated rings. The second-order valence-electron chi connectivity index (χ2n) is 9.51. The molecule has 0 saturated carbocycles. The number of rotatable bonds is 8. The lowest BCUT2D eigenvalue weighted by Crippen LogP contribution is -2.28. The van der Waals surface area contributed by atoms with Crippen LogP contribution in [0.4, 0.5) is 17.1 Å². The van der Waals surface area contributed by atoms with E-state index < -0.39 is 10.0 Å². The first-order valence-corrected chi connectivity index (χ1v) is 15.6. The SMILES string of the molecule is COc1ccc(S(=O)(=O)Nc2ccc(-c3nnc(SCC(=O)N4c5ccccc5CCc5ccccc54)o3)cc2)cc1. The number of anilines is 3. The van der Waals surface area contributed by atoms with E-state index in [1.54, 1.807) is 41.3 Å². The molecule has 0 spiro atoms. The molecule has 5 aromatic rings. The van der Waals surface area contributed by atoms with Gasteiger partial charge in [-0.2, -0.15) is 0 Å². The van der Waals surface area contributed by atoms with Crippen LogP contribution in [0.3, 0.4) is 0 Å². The van der Waals surface area contributed by atoms with Crippen LogP contribution in [0.5, 0.6) is 5.75 Å². The zero-order chi connectivity index (χ0) is 29.1. The van der Waals surface area contributed by atoms with E-state index in [2.05, 4.69) is 27.1 Å². The van der Waals surface area contributed by atoms with Gasteiger partial charge in [0, 0.05) is 11.3 Å².